The summed E-state index contributed by atoms with van der Waals surface area (Å²) in [6, 6.07) is 0. The van der Waals surface area contributed by atoms with E-state index < -0.39 is 91.3 Å². The molecule has 0 N–H and O–H groups in total. The molecule has 218 valence electrons. The molecule has 0 saturated carbocycles. The third-order valence-corrected chi connectivity index (χ3v) is 4.21. The van der Waals surface area contributed by atoms with E-state index in [4.69, 9.17) is 0 Å². The third-order valence-electron chi connectivity index (χ3n) is 3.70. The minimum absolute atomic E-state index is 0. The number of hydrogen-bond acceptors (Lipinski definition) is 6. The van der Waals surface area contributed by atoms with Crippen LogP contribution < -0.4 is 29.6 Å². The number of halogens is 16. The quantitative estimate of drug-likeness (QED) is 0.112. The minimum Gasteiger partial charge on any atom is -0.726 e. The van der Waals surface area contributed by atoms with E-state index in [1.54, 1.807) is 0 Å². The van der Waals surface area contributed by atoms with Gasteiger partial charge in [-0.2, -0.15) is 52.7 Å². The average molecular weight is 622 g/mol. The van der Waals surface area contributed by atoms with Gasteiger partial charge >= 0.3 is 77.9 Å². The van der Waals surface area contributed by atoms with Crippen molar-refractivity contribution in [2.75, 3.05) is 26.4 Å². The fourth-order valence-electron chi connectivity index (χ4n) is 1.84. The van der Waals surface area contributed by atoms with Gasteiger partial charge in [-0.1, -0.05) is 0 Å². The molecule has 0 aromatic carbocycles. The molecule has 0 radical (unpaired) electrons. The number of rotatable bonds is 16. The van der Waals surface area contributed by atoms with E-state index in [-0.39, 0.29) is 29.6 Å². The van der Waals surface area contributed by atoms with Crippen LogP contribution >= 0.6 is 0 Å². The Bertz CT molecular complexity index is 824. The van der Waals surface area contributed by atoms with Gasteiger partial charge in [0.25, 0.3) is 0 Å². The van der Waals surface area contributed by atoms with Gasteiger partial charge in [0.15, 0.2) is 0 Å². The summed E-state index contributed by atoms with van der Waals surface area (Å²) in [6.07, 6.45) is -12.8. The maximum atomic E-state index is 13.5. The summed E-state index contributed by atoms with van der Waals surface area (Å²) in [4.78, 5) is 0. The molecule has 1 unspecified atom stereocenters. The van der Waals surface area contributed by atoms with Crippen LogP contribution in [0.3, 0.4) is 0 Å². The Labute approximate surface area is 217 Å². The molecule has 1 atom stereocenters. The molecule has 0 saturated heterocycles. The van der Waals surface area contributed by atoms with Gasteiger partial charge in [0.2, 0.25) is 10.4 Å². The van der Waals surface area contributed by atoms with E-state index >= 15 is 0 Å². The molecule has 0 aliphatic carbocycles. The molecular formula is C13H11F16NaO6S. The first-order chi connectivity index (χ1) is 15.7. The molecule has 0 aliphatic rings. The molecule has 0 spiro atoms. The standard InChI is InChI=1S/C13H12F16O6S.Na/c14-6(15)8(18,19)3-33-1-5(35-36(30,31)32)2-34-4-9(20,21)11(24,25)13(28,29)12(26,27)10(22,23)7(16)17;/h5-7H,1-4H2,(H,30,31,32);/q;+1/p-1. The Morgan fingerprint density at radius 2 is 1.05 bits per heavy atom. The van der Waals surface area contributed by atoms with Crippen molar-refractivity contribution in [3.8, 4) is 0 Å². The maximum Gasteiger partial charge on any atom is 1.00 e. The summed E-state index contributed by atoms with van der Waals surface area (Å²) in [5.74, 6) is -42.0. The second kappa shape index (κ2) is 12.9. The molecule has 0 bridgehead atoms. The topological polar surface area (TPSA) is 84.9 Å². The van der Waals surface area contributed by atoms with Crippen molar-refractivity contribution >= 4 is 10.4 Å². The number of alkyl halides is 16. The van der Waals surface area contributed by atoms with Crippen LogP contribution in [0.4, 0.5) is 70.2 Å². The van der Waals surface area contributed by atoms with Crippen molar-refractivity contribution in [2.24, 2.45) is 0 Å². The van der Waals surface area contributed by atoms with E-state index in [1.807, 2.05) is 0 Å². The van der Waals surface area contributed by atoms with E-state index in [0.29, 0.717) is 0 Å². The van der Waals surface area contributed by atoms with Crippen LogP contribution in [0.5, 0.6) is 0 Å². The Hall–Kier alpha value is -0.330. The molecule has 24 heteroatoms. The summed E-state index contributed by atoms with van der Waals surface area (Å²) in [5.41, 5.74) is 0. The summed E-state index contributed by atoms with van der Waals surface area (Å²) in [7, 11) is -5.92. The van der Waals surface area contributed by atoms with Gasteiger partial charge in [-0.3, -0.25) is 4.18 Å². The smallest absolute Gasteiger partial charge is 0.726 e. The predicted octanol–water partition coefficient (Wildman–Crippen LogP) is 1.21. The van der Waals surface area contributed by atoms with Gasteiger partial charge in [-0.15, -0.1) is 0 Å². The van der Waals surface area contributed by atoms with Crippen LogP contribution in [0.25, 0.3) is 0 Å². The molecule has 0 aliphatic heterocycles. The van der Waals surface area contributed by atoms with Crippen molar-refractivity contribution in [3.63, 3.8) is 0 Å². The first kappa shape index (κ1) is 38.8. The van der Waals surface area contributed by atoms with Gasteiger partial charge in [0.05, 0.1) is 13.2 Å². The van der Waals surface area contributed by atoms with Gasteiger partial charge in [-0.25, -0.2) is 26.0 Å². The van der Waals surface area contributed by atoms with Gasteiger partial charge < -0.3 is 14.0 Å². The van der Waals surface area contributed by atoms with Crippen molar-refractivity contribution in [2.45, 2.75) is 54.5 Å². The van der Waals surface area contributed by atoms with Crippen LogP contribution in [-0.2, 0) is 24.1 Å². The van der Waals surface area contributed by atoms with Crippen LogP contribution in [-0.4, -0.2) is 93.9 Å². The van der Waals surface area contributed by atoms with Crippen molar-refractivity contribution in [3.05, 3.63) is 0 Å². The molecule has 0 aromatic heterocycles. The molecule has 0 heterocycles. The Balaban J connectivity index is 0. The second-order valence-corrected chi connectivity index (χ2v) is 7.58. The summed E-state index contributed by atoms with van der Waals surface area (Å²) >= 11 is 0. The van der Waals surface area contributed by atoms with Crippen LogP contribution in [0, 0.1) is 0 Å². The Kier molecular flexibility index (Phi) is 13.5. The minimum atomic E-state index is -7.88. The monoisotopic (exact) mass is 622 g/mol. The molecule has 0 fully saturated rings. The summed E-state index contributed by atoms with van der Waals surface area (Å²) in [6.45, 7) is -9.15. The fourth-order valence-corrected chi connectivity index (χ4v) is 2.29. The van der Waals surface area contributed by atoms with Crippen molar-refractivity contribution in [1.82, 2.24) is 0 Å². The maximum absolute atomic E-state index is 13.5. The summed E-state index contributed by atoms with van der Waals surface area (Å²) < 4.78 is 248. The second-order valence-electron chi connectivity index (χ2n) is 6.57. The van der Waals surface area contributed by atoms with Gasteiger partial charge in [0, 0.05) is 0 Å². The van der Waals surface area contributed by atoms with E-state index in [2.05, 4.69) is 13.7 Å². The normalized spacial score (nSPS) is 15.8. The van der Waals surface area contributed by atoms with Crippen molar-refractivity contribution in [1.29, 1.82) is 0 Å². The zero-order valence-corrected chi connectivity index (χ0v) is 20.3. The third kappa shape index (κ3) is 9.10. The molecule has 37 heavy (non-hydrogen) atoms. The average Bonchev–Trinajstić information content (AvgIpc) is 2.65. The predicted molar refractivity (Wildman–Crippen MR) is 77.9 cm³/mol. The largest absolute Gasteiger partial charge is 1.00 e. The van der Waals surface area contributed by atoms with E-state index in [0.717, 1.165) is 0 Å². The molecule has 0 amide bonds. The molecule has 6 nitrogen and oxygen atoms in total. The van der Waals surface area contributed by atoms with Crippen LogP contribution in [0.2, 0.25) is 0 Å². The van der Waals surface area contributed by atoms with E-state index in [9.17, 15) is 83.2 Å². The molecule has 0 rings (SSSR count). The fraction of sp³-hybridized carbons (Fsp3) is 1.00. The molecular weight excluding hydrogens is 611 g/mol. The summed E-state index contributed by atoms with van der Waals surface area (Å²) in [5, 5.41) is 0. The zero-order valence-electron chi connectivity index (χ0n) is 17.5. The van der Waals surface area contributed by atoms with Gasteiger partial charge in [0.1, 0.15) is 19.3 Å². The zero-order chi connectivity index (χ0) is 29.2. The van der Waals surface area contributed by atoms with E-state index in [1.165, 1.54) is 0 Å². The van der Waals surface area contributed by atoms with Crippen LogP contribution in [0.15, 0.2) is 0 Å². The van der Waals surface area contributed by atoms with Gasteiger partial charge in [-0.05, 0) is 0 Å². The van der Waals surface area contributed by atoms with Crippen LogP contribution in [0.1, 0.15) is 0 Å². The first-order valence-electron chi connectivity index (χ1n) is 8.30. The number of hydrogen-bond donors (Lipinski definition) is 0. The van der Waals surface area contributed by atoms with Crippen molar-refractivity contribution < 1.29 is 126 Å². The first-order valence-corrected chi connectivity index (χ1v) is 9.63. The Morgan fingerprint density at radius 1 is 0.649 bits per heavy atom. The Morgan fingerprint density at radius 3 is 1.41 bits per heavy atom. The number of ether oxygens (including phenoxy) is 2. The SMILES string of the molecule is O=S(=O)([O-])OC(COCC(F)(F)C(F)F)COCC(F)(F)C(F)(F)C(F)(F)C(F)(F)C(F)(F)C(F)F.[Na+]. The molecule has 0 aromatic rings.